The minimum Gasteiger partial charge on any atom is -0.354 e. The van der Waals surface area contributed by atoms with E-state index in [-0.39, 0.29) is 0 Å². The molecule has 1 unspecified atom stereocenters. The first-order valence-electron chi connectivity index (χ1n) is 5.80. The van der Waals surface area contributed by atoms with Crippen molar-refractivity contribution in [2.75, 3.05) is 31.1 Å². The van der Waals surface area contributed by atoms with Gasteiger partial charge in [0.25, 0.3) is 0 Å². The number of halogens is 1. The second kappa shape index (κ2) is 4.18. The molecule has 2 fully saturated rings. The minimum atomic E-state index is 0.339. The lowest BCUT2D eigenvalue weighted by Crippen LogP contribution is -2.50. The Morgan fingerprint density at radius 2 is 2.25 bits per heavy atom. The second-order valence-electron chi connectivity index (χ2n) is 4.46. The Bertz CT molecular complexity index is 384. The highest BCUT2D eigenvalue weighted by Crippen LogP contribution is 2.24. The van der Waals surface area contributed by atoms with Gasteiger partial charge in [0.15, 0.2) is 0 Å². The summed E-state index contributed by atoms with van der Waals surface area (Å²) < 4.78 is 0. The lowest BCUT2D eigenvalue weighted by molar-refractivity contribution is 0.230. The summed E-state index contributed by atoms with van der Waals surface area (Å²) in [5, 5.41) is 0.339. The molecule has 0 bridgehead atoms. The minimum absolute atomic E-state index is 0.339. The number of aromatic nitrogens is 2. The predicted octanol–water partition coefficient (Wildman–Crippen LogP) is 1.41. The van der Waals surface area contributed by atoms with Gasteiger partial charge in [-0.1, -0.05) is 0 Å². The van der Waals surface area contributed by atoms with Gasteiger partial charge in [0.2, 0.25) is 5.28 Å². The van der Waals surface area contributed by atoms with Gasteiger partial charge in [-0.25, -0.2) is 9.97 Å². The van der Waals surface area contributed by atoms with Crippen LogP contribution < -0.4 is 4.90 Å². The zero-order chi connectivity index (χ0) is 11.0. The molecule has 0 saturated carbocycles. The van der Waals surface area contributed by atoms with Crippen molar-refractivity contribution in [3.05, 3.63) is 17.5 Å². The third kappa shape index (κ3) is 1.87. The first-order chi connectivity index (χ1) is 7.83. The van der Waals surface area contributed by atoms with Gasteiger partial charge in [0.1, 0.15) is 5.82 Å². The van der Waals surface area contributed by atoms with Crippen molar-refractivity contribution < 1.29 is 0 Å². The Morgan fingerprint density at radius 1 is 1.31 bits per heavy atom. The van der Waals surface area contributed by atoms with Gasteiger partial charge >= 0.3 is 0 Å². The van der Waals surface area contributed by atoms with E-state index in [0.717, 1.165) is 25.5 Å². The zero-order valence-electron chi connectivity index (χ0n) is 9.14. The average Bonchev–Trinajstić information content (AvgIpc) is 2.75. The van der Waals surface area contributed by atoms with Crippen LogP contribution in [0.4, 0.5) is 5.82 Å². The van der Waals surface area contributed by atoms with Crippen LogP contribution in [0, 0.1) is 0 Å². The van der Waals surface area contributed by atoms with Crippen LogP contribution in [0.5, 0.6) is 0 Å². The van der Waals surface area contributed by atoms with Crippen LogP contribution in [0.15, 0.2) is 12.3 Å². The van der Waals surface area contributed by atoms with Crippen LogP contribution in [0.2, 0.25) is 5.28 Å². The van der Waals surface area contributed by atoms with Gasteiger partial charge < -0.3 is 4.90 Å². The van der Waals surface area contributed by atoms with E-state index in [9.17, 15) is 0 Å². The van der Waals surface area contributed by atoms with Gasteiger partial charge in [-0.3, -0.25) is 4.90 Å². The van der Waals surface area contributed by atoms with Crippen molar-refractivity contribution in [1.82, 2.24) is 14.9 Å². The maximum absolute atomic E-state index is 5.82. The van der Waals surface area contributed by atoms with Gasteiger partial charge in [0, 0.05) is 31.9 Å². The van der Waals surface area contributed by atoms with E-state index in [0.29, 0.717) is 11.3 Å². The molecule has 0 aromatic carbocycles. The largest absolute Gasteiger partial charge is 0.354 e. The Hall–Kier alpha value is -0.870. The van der Waals surface area contributed by atoms with E-state index in [1.807, 2.05) is 6.07 Å². The molecule has 0 N–H and O–H groups in total. The van der Waals surface area contributed by atoms with E-state index in [4.69, 9.17) is 11.6 Å². The monoisotopic (exact) mass is 238 g/mol. The number of piperazine rings is 1. The summed E-state index contributed by atoms with van der Waals surface area (Å²) in [7, 11) is 0. The molecule has 16 heavy (non-hydrogen) atoms. The van der Waals surface area contributed by atoms with Crippen molar-refractivity contribution in [3.8, 4) is 0 Å². The SMILES string of the molecule is Clc1nccc(N2CCN3CCCC3C2)n1. The van der Waals surface area contributed by atoms with Gasteiger partial charge in [-0.2, -0.15) is 0 Å². The molecule has 1 aromatic heterocycles. The summed E-state index contributed by atoms with van der Waals surface area (Å²) in [5.41, 5.74) is 0. The van der Waals surface area contributed by atoms with Crippen molar-refractivity contribution in [2.45, 2.75) is 18.9 Å². The van der Waals surface area contributed by atoms with Crippen molar-refractivity contribution >= 4 is 17.4 Å². The molecule has 3 heterocycles. The standard InChI is InChI=1S/C11H15ClN4/c12-11-13-4-3-10(14-11)16-7-6-15-5-1-2-9(15)8-16/h3-4,9H,1-2,5-8H2. The fraction of sp³-hybridized carbons (Fsp3) is 0.636. The Labute approximate surface area is 100 Å². The molecule has 4 nitrogen and oxygen atoms in total. The van der Waals surface area contributed by atoms with Crippen LogP contribution in [-0.2, 0) is 0 Å². The van der Waals surface area contributed by atoms with Crippen LogP contribution in [0.1, 0.15) is 12.8 Å². The lowest BCUT2D eigenvalue weighted by Gasteiger charge is -2.38. The first-order valence-corrected chi connectivity index (χ1v) is 6.18. The number of hydrogen-bond donors (Lipinski definition) is 0. The van der Waals surface area contributed by atoms with Gasteiger partial charge in [0.05, 0.1) is 0 Å². The maximum atomic E-state index is 5.82. The normalized spacial score (nSPS) is 25.8. The summed E-state index contributed by atoms with van der Waals surface area (Å²) in [6.07, 6.45) is 4.38. The second-order valence-corrected chi connectivity index (χ2v) is 4.80. The summed E-state index contributed by atoms with van der Waals surface area (Å²) in [5.74, 6) is 0.964. The Kier molecular flexibility index (Phi) is 2.69. The molecule has 0 spiro atoms. The molecule has 0 radical (unpaired) electrons. The van der Waals surface area contributed by atoms with E-state index in [1.54, 1.807) is 6.20 Å². The van der Waals surface area contributed by atoms with E-state index < -0.39 is 0 Å². The average molecular weight is 239 g/mol. The topological polar surface area (TPSA) is 32.3 Å². The third-order valence-corrected chi connectivity index (χ3v) is 3.70. The number of anilines is 1. The van der Waals surface area contributed by atoms with E-state index in [1.165, 1.54) is 19.4 Å². The van der Waals surface area contributed by atoms with Gasteiger partial charge in [-0.15, -0.1) is 0 Å². The number of rotatable bonds is 1. The molecule has 2 aliphatic rings. The van der Waals surface area contributed by atoms with Crippen LogP contribution in [-0.4, -0.2) is 47.1 Å². The molecule has 0 amide bonds. The third-order valence-electron chi connectivity index (χ3n) is 3.52. The molecule has 2 saturated heterocycles. The molecule has 3 rings (SSSR count). The number of fused-ring (bicyclic) bond motifs is 1. The highest BCUT2D eigenvalue weighted by atomic mass is 35.5. The van der Waals surface area contributed by atoms with Crippen molar-refractivity contribution in [1.29, 1.82) is 0 Å². The highest BCUT2D eigenvalue weighted by Gasteiger charge is 2.30. The maximum Gasteiger partial charge on any atom is 0.224 e. The fourth-order valence-electron chi connectivity index (χ4n) is 2.70. The molecule has 1 atom stereocenters. The highest BCUT2D eigenvalue weighted by molar-refractivity contribution is 6.28. The fourth-order valence-corrected chi connectivity index (χ4v) is 2.84. The van der Waals surface area contributed by atoms with E-state index in [2.05, 4.69) is 19.8 Å². The molecule has 5 heteroatoms. The Balaban J connectivity index is 1.76. The first kappa shape index (κ1) is 10.3. The van der Waals surface area contributed by atoms with Crippen LogP contribution >= 0.6 is 11.6 Å². The molecular weight excluding hydrogens is 224 g/mol. The molecule has 86 valence electrons. The number of hydrogen-bond acceptors (Lipinski definition) is 4. The van der Waals surface area contributed by atoms with Crippen molar-refractivity contribution in [2.24, 2.45) is 0 Å². The van der Waals surface area contributed by atoms with Crippen LogP contribution in [0.3, 0.4) is 0 Å². The summed E-state index contributed by atoms with van der Waals surface area (Å²) in [4.78, 5) is 13.1. The summed E-state index contributed by atoms with van der Waals surface area (Å²) in [6.45, 7) is 4.53. The smallest absolute Gasteiger partial charge is 0.224 e. The summed E-state index contributed by atoms with van der Waals surface area (Å²) in [6, 6.07) is 2.65. The van der Waals surface area contributed by atoms with Crippen LogP contribution in [0.25, 0.3) is 0 Å². The quantitative estimate of drug-likeness (QED) is 0.693. The zero-order valence-corrected chi connectivity index (χ0v) is 9.90. The molecular formula is C11H15ClN4. The molecule has 1 aromatic rings. The Morgan fingerprint density at radius 3 is 3.12 bits per heavy atom. The molecule has 2 aliphatic heterocycles. The van der Waals surface area contributed by atoms with Gasteiger partial charge in [-0.05, 0) is 37.1 Å². The lowest BCUT2D eigenvalue weighted by atomic mass is 10.1. The van der Waals surface area contributed by atoms with E-state index >= 15 is 0 Å². The van der Waals surface area contributed by atoms with Crippen molar-refractivity contribution in [3.63, 3.8) is 0 Å². The number of nitrogens with zero attached hydrogens (tertiary/aromatic N) is 4. The summed E-state index contributed by atoms with van der Waals surface area (Å²) >= 11 is 5.82. The molecule has 0 aliphatic carbocycles. The predicted molar refractivity (Wildman–Crippen MR) is 63.9 cm³/mol.